The Labute approximate surface area is 218 Å². The molecular formula is C35H27Cl. The van der Waals surface area contributed by atoms with E-state index in [1.54, 1.807) is 0 Å². The van der Waals surface area contributed by atoms with Crippen molar-refractivity contribution in [2.45, 2.75) is 5.92 Å². The molecule has 0 N–H and O–H groups in total. The zero-order valence-electron chi connectivity index (χ0n) is 20.0. The van der Waals surface area contributed by atoms with Crippen LogP contribution in [-0.4, -0.2) is 0 Å². The van der Waals surface area contributed by atoms with Crippen molar-refractivity contribution in [3.05, 3.63) is 191 Å². The van der Waals surface area contributed by atoms with E-state index in [1.807, 2.05) is 12.1 Å². The molecule has 0 spiro atoms. The molecule has 0 nitrogen and oxygen atoms in total. The number of benzene rings is 5. The number of allylic oxidation sites excluding steroid dienone is 2. The monoisotopic (exact) mass is 482 g/mol. The van der Waals surface area contributed by atoms with Gasteiger partial charge in [-0.1, -0.05) is 163 Å². The van der Waals surface area contributed by atoms with Gasteiger partial charge in [0.15, 0.2) is 0 Å². The van der Waals surface area contributed by atoms with Crippen molar-refractivity contribution in [3.8, 4) is 0 Å². The van der Waals surface area contributed by atoms with E-state index < -0.39 is 0 Å². The van der Waals surface area contributed by atoms with Gasteiger partial charge in [-0.15, -0.1) is 0 Å². The summed E-state index contributed by atoms with van der Waals surface area (Å²) >= 11 is 6.81. The third kappa shape index (κ3) is 5.57. The standard InChI is InChI=1S/C35H27Cl/c36-35-24-14-13-23-32(35)31(25-33(27-15-5-1-6-16-27)28-17-7-2-8-18-28)26-34(29-19-9-3-10-20-29)30-21-11-4-12-22-30/h1-26,31H. The summed E-state index contributed by atoms with van der Waals surface area (Å²) in [6.07, 6.45) is 4.69. The van der Waals surface area contributed by atoms with Crippen LogP contribution in [0.25, 0.3) is 11.1 Å². The van der Waals surface area contributed by atoms with Gasteiger partial charge in [0.2, 0.25) is 0 Å². The highest BCUT2D eigenvalue weighted by Gasteiger charge is 2.16. The summed E-state index contributed by atoms with van der Waals surface area (Å²) in [5.74, 6) is -0.0514. The van der Waals surface area contributed by atoms with Crippen LogP contribution in [0.4, 0.5) is 0 Å². The normalized spacial score (nSPS) is 10.6. The Morgan fingerprint density at radius 3 is 1.06 bits per heavy atom. The number of rotatable bonds is 7. The fourth-order valence-corrected chi connectivity index (χ4v) is 4.78. The largest absolute Gasteiger partial charge is 0.0840 e. The molecule has 0 saturated heterocycles. The number of hydrogen-bond acceptors (Lipinski definition) is 0. The highest BCUT2D eigenvalue weighted by molar-refractivity contribution is 6.31. The fraction of sp³-hybridized carbons (Fsp3) is 0.0286. The SMILES string of the molecule is Clc1ccccc1C(C=C(c1ccccc1)c1ccccc1)C=C(c1ccccc1)c1ccccc1. The first-order valence-corrected chi connectivity index (χ1v) is 12.6. The van der Waals surface area contributed by atoms with Crippen molar-refractivity contribution < 1.29 is 0 Å². The zero-order valence-corrected chi connectivity index (χ0v) is 20.7. The van der Waals surface area contributed by atoms with Gasteiger partial charge in [0.25, 0.3) is 0 Å². The quantitative estimate of drug-likeness (QED) is 0.216. The average Bonchev–Trinajstić information content (AvgIpc) is 2.96. The maximum Gasteiger partial charge on any atom is 0.0447 e. The Morgan fingerprint density at radius 2 is 0.722 bits per heavy atom. The minimum atomic E-state index is -0.0514. The van der Waals surface area contributed by atoms with Gasteiger partial charge in [-0.25, -0.2) is 0 Å². The van der Waals surface area contributed by atoms with Crippen LogP contribution < -0.4 is 0 Å². The Hall–Kier alpha value is -4.13. The van der Waals surface area contributed by atoms with Crippen LogP contribution in [0.1, 0.15) is 33.7 Å². The van der Waals surface area contributed by atoms with Gasteiger partial charge in [0.1, 0.15) is 0 Å². The van der Waals surface area contributed by atoms with Gasteiger partial charge in [-0.2, -0.15) is 0 Å². The number of hydrogen-bond donors (Lipinski definition) is 0. The van der Waals surface area contributed by atoms with E-state index in [4.69, 9.17) is 11.6 Å². The molecule has 0 aliphatic rings. The Bertz CT molecular complexity index is 1270. The van der Waals surface area contributed by atoms with Crippen LogP contribution in [0.2, 0.25) is 5.02 Å². The summed E-state index contributed by atoms with van der Waals surface area (Å²) in [4.78, 5) is 0. The van der Waals surface area contributed by atoms with Gasteiger partial charge >= 0.3 is 0 Å². The molecule has 5 aromatic rings. The molecule has 0 fully saturated rings. The lowest BCUT2D eigenvalue weighted by molar-refractivity contribution is 1.08. The molecule has 0 amide bonds. The Kier molecular flexibility index (Phi) is 7.56. The first-order chi connectivity index (χ1) is 17.8. The van der Waals surface area contributed by atoms with Crippen LogP contribution in [-0.2, 0) is 0 Å². The van der Waals surface area contributed by atoms with Crippen molar-refractivity contribution in [3.63, 3.8) is 0 Å². The minimum absolute atomic E-state index is 0.0514. The van der Waals surface area contributed by atoms with Crippen LogP contribution in [0.15, 0.2) is 158 Å². The summed E-state index contributed by atoms with van der Waals surface area (Å²) in [7, 11) is 0. The summed E-state index contributed by atoms with van der Waals surface area (Å²) in [5.41, 5.74) is 8.14. The van der Waals surface area contributed by atoms with Crippen LogP contribution in [0.3, 0.4) is 0 Å². The highest BCUT2D eigenvalue weighted by Crippen LogP contribution is 2.36. The summed E-state index contributed by atoms with van der Waals surface area (Å²) in [6.45, 7) is 0. The molecule has 5 aromatic carbocycles. The molecule has 0 atom stereocenters. The maximum atomic E-state index is 6.81. The molecule has 174 valence electrons. The topological polar surface area (TPSA) is 0 Å². The second kappa shape index (κ2) is 11.5. The highest BCUT2D eigenvalue weighted by atomic mass is 35.5. The molecule has 0 bridgehead atoms. The number of halogens is 1. The van der Waals surface area contributed by atoms with E-state index in [2.05, 4.69) is 146 Å². The third-order valence-electron chi connectivity index (χ3n) is 6.30. The lowest BCUT2D eigenvalue weighted by atomic mass is 9.87. The molecule has 0 aliphatic heterocycles. The van der Waals surface area contributed by atoms with Gasteiger partial charge < -0.3 is 0 Å². The molecule has 1 heteroatoms. The lowest BCUT2D eigenvalue weighted by Gasteiger charge is -2.18. The molecule has 0 saturated carbocycles. The lowest BCUT2D eigenvalue weighted by Crippen LogP contribution is -1.99. The van der Waals surface area contributed by atoms with E-state index in [9.17, 15) is 0 Å². The smallest absolute Gasteiger partial charge is 0.0447 e. The van der Waals surface area contributed by atoms with E-state index in [-0.39, 0.29) is 5.92 Å². The third-order valence-corrected chi connectivity index (χ3v) is 6.64. The van der Waals surface area contributed by atoms with E-state index in [0.717, 1.165) is 10.6 Å². The predicted molar refractivity (Wildman–Crippen MR) is 154 cm³/mol. The Morgan fingerprint density at radius 1 is 0.417 bits per heavy atom. The molecular weight excluding hydrogens is 456 g/mol. The fourth-order valence-electron chi connectivity index (χ4n) is 4.52. The van der Waals surface area contributed by atoms with Crippen LogP contribution in [0, 0.1) is 0 Å². The molecule has 0 aliphatic carbocycles. The summed E-state index contributed by atoms with van der Waals surface area (Å²) in [5, 5.41) is 0.760. The Balaban J connectivity index is 1.76. The first-order valence-electron chi connectivity index (χ1n) is 12.2. The van der Waals surface area contributed by atoms with E-state index in [0.29, 0.717) is 0 Å². The van der Waals surface area contributed by atoms with Crippen molar-refractivity contribution in [1.29, 1.82) is 0 Å². The molecule has 5 rings (SSSR count). The van der Waals surface area contributed by atoms with Crippen molar-refractivity contribution in [2.75, 3.05) is 0 Å². The average molecular weight is 483 g/mol. The van der Waals surface area contributed by atoms with E-state index in [1.165, 1.54) is 33.4 Å². The van der Waals surface area contributed by atoms with Crippen LogP contribution in [0.5, 0.6) is 0 Å². The van der Waals surface area contributed by atoms with Gasteiger partial charge in [-0.3, -0.25) is 0 Å². The second-order valence-electron chi connectivity index (χ2n) is 8.67. The second-order valence-corrected chi connectivity index (χ2v) is 9.08. The summed E-state index contributed by atoms with van der Waals surface area (Å²) in [6, 6.07) is 50.4. The van der Waals surface area contributed by atoms with Gasteiger partial charge in [0.05, 0.1) is 0 Å². The molecule has 0 unspecified atom stereocenters. The predicted octanol–water partition coefficient (Wildman–Crippen LogP) is 9.69. The van der Waals surface area contributed by atoms with Gasteiger partial charge in [-0.05, 0) is 45.0 Å². The molecule has 0 heterocycles. The van der Waals surface area contributed by atoms with Crippen molar-refractivity contribution >= 4 is 22.7 Å². The van der Waals surface area contributed by atoms with Gasteiger partial charge in [0, 0.05) is 10.9 Å². The molecule has 36 heavy (non-hydrogen) atoms. The first kappa shape index (κ1) is 23.6. The van der Waals surface area contributed by atoms with Crippen molar-refractivity contribution in [2.24, 2.45) is 0 Å². The summed E-state index contributed by atoms with van der Waals surface area (Å²) < 4.78 is 0. The molecule has 0 radical (unpaired) electrons. The minimum Gasteiger partial charge on any atom is -0.0840 e. The van der Waals surface area contributed by atoms with Crippen LogP contribution >= 0.6 is 11.6 Å². The zero-order chi connectivity index (χ0) is 24.6. The van der Waals surface area contributed by atoms with E-state index >= 15 is 0 Å². The van der Waals surface area contributed by atoms with Crippen molar-refractivity contribution in [1.82, 2.24) is 0 Å². The molecule has 0 aromatic heterocycles. The maximum absolute atomic E-state index is 6.81.